The van der Waals surface area contributed by atoms with Crippen LogP contribution in [0.2, 0.25) is 0 Å². The predicted molar refractivity (Wildman–Crippen MR) is 115 cm³/mol. The molecule has 8 heteroatoms. The van der Waals surface area contributed by atoms with Crippen LogP contribution >= 0.6 is 0 Å². The number of halogens is 1. The molecule has 2 aromatic heterocycles. The number of hydrogen-bond acceptors (Lipinski definition) is 5. The van der Waals surface area contributed by atoms with E-state index in [0.717, 1.165) is 19.0 Å². The van der Waals surface area contributed by atoms with Crippen molar-refractivity contribution in [2.45, 2.75) is 50.5 Å². The standard InChI is InChI=1S/C24H23FN4O3/c1-15-20(14-29(28-15)19-6-3-7-19)32-22(30)16-4-2-5-18(12-16)27-23(31)24(10-11-24)21-9-8-17(25)13-26-21/h2,4-5,8-9,12-14,19H,3,6-7,10-11H2,1H3,(H,27,31). The molecule has 0 saturated heterocycles. The summed E-state index contributed by atoms with van der Waals surface area (Å²) < 4.78 is 20.6. The maximum Gasteiger partial charge on any atom is 0.343 e. The van der Waals surface area contributed by atoms with E-state index in [1.807, 2.05) is 11.6 Å². The second-order valence-electron chi connectivity index (χ2n) is 8.51. The number of carbonyl (C=O) groups excluding carboxylic acids is 2. The highest BCUT2D eigenvalue weighted by molar-refractivity contribution is 6.02. The number of ether oxygens (including phenoxy) is 1. The fraction of sp³-hybridized carbons (Fsp3) is 0.333. The van der Waals surface area contributed by atoms with E-state index in [4.69, 9.17) is 4.74 Å². The first kappa shape index (κ1) is 20.4. The lowest BCUT2D eigenvalue weighted by Gasteiger charge is -2.25. The summed E-state index contributed by atoms with van der Waals surface area (Å²) in [4.78, 5) is 29.7. The molecule has 1 aromatic carbocycles. The maximum atomic E-state index is 13.2. The highest BCUT2D eigenvalue weighted by atomic mass is 19.1. The Morgan fingerprint density at radius 2 is 2.03 bits per heavy atom. The van der Waals surface area contributed by atoms with Gasteiger partial charge in [-0.15, -0.1) is 0 Å². The smallest absolute Gasteiger partial charge is 0.343 e. The molecule has 2 saturated carbocycles. The van der Waals surface area contributed by atoms with Gasteiger partial charge in [-0.2, -0.15) is 5.10 Å². The van der Waals surface area contributed by atoms with E-state index < -0.39 is 17.2 Å². The number of carbonyl (C=O) groups is 2. The van der Waals surface area contributed by atoms with Gasteiger partial charge in [0.1, 0.15) is 11.5 Å². The van der Waals surface area contributed by atoms with E-state index in [1.165, 1.54) is 12.5 Å². The Balaban J connectivity index is 1.28. The van der Waals surface area contributed by atoms with Gasteiger partial charge in [-0.3, -0.25) is 14.5 Å². The summed E-state index contributed by atoms with van der Waals surface area (Å²) in [5.74, 6) is -0.737. The average Bonchev–Trinajstić information content (AvgIpc) is 3.48. The van der Waals surface area contributed by atoms with Crippen molar-refractivity contribution in [3.63, 3.8) is 0 Å². The van der Waals surface area contributed by atoms with Crippen molar-refractivity contribution in [3.05, 3.63) is 71.6 Å². The Hall–Kier alpha value is -3.55. The van der Waals surface area contributed by atoms with Crippen LogP contribution in [-0.2, 0) is 10.2 Å². The molecular weight excluding hydrogens is 411 g/mol. The molecule has 32 heavy (non-hydrogen) atoms. The molecule has 0 bridgehead atoms. The van der Waals surface area contributed by atoms with Crippen LogP contribution in [-0.4, -0.2) is 26.6 Å². The predicted octanol–water partition coefficient (Wildman–Crippen LogP) is 4.34. The highest BCUT2D eigenvalue weighted by Crippen LogP contribution is 2.48. The zero-order valence-electron chi connectivity index (χ0n) is 17.7. The van der Waals surface area contributed by atoms with Crippen LogP contribution in [0.25, 0.3) is 0 Å². The van der Waals surface area contributed by atoms with Gasteiger partial charge in [-0.1, -0.05) is 6.07 Å². The largest absolute Gasteiger partial charge is 0.419 e. The zero-order chi connectivity index (χ0) is 22.3. The molecule has 5 rings (SSSR count). The second kappa shape index (κ2) is 7.85. The van der Waals surface area contributed by atoms with Gasteiger partial charge in [0.05, 0.1) is 35.1 Å². The number of nitrogens with zero attached hydrogens (tertiary/aromatic N) is 3. The van der Waals surface area contributed by atoms with Crippen molar-refractivity contribution in [1.29, 1.82) is 0 Å². The van der Waals surface area contributed by atoms with Gasteiger partial charge in [-0.25, -0.2) is 9.18 Å². The van der Waals surface area contributed by atoms with Crippen molar-refractivity contribution in [2.75, 3.05) is 5.32 Å². The Morgan fingerprint density at radius 1 is 1.22 bits per heavy atom. The Bertz CT molecular complexity index is 1180. The Kier molecular flexibility index (Phi) is 5.00. The minimum atomic E-state index is -0.753. The minimum Gasteiger partial charge on any atom is -0.419 e. The van der Waals surface area contributed by atoms with Crippen LogP contribution in [0.5, 0.6) is 5.75 Å². The molecule has 1 N–H and O–H groups in total. The number of pyridine rings is 1. The number of hydrogen-bond donors (Lipinski definition) is 1. The fourth-order valence-corrected chi connectivity index (χ4v) is 3.92. The van der Waals surface area contributed by atoms with Crippen LogP contribution in [0.1, 0.15) is 59.9 Å². The summed E-state index contributed by atoms with van der Waals surface area (Å²) in [5.41, 5.74) is 1.27. The van der Waals surface area contributed by atoms with Gasteiger partial charge in [0.25, 0.3) is 0 Å². The molecule has 1 amide bonds. The number of rotatable bonds is 6. The first-order chi connectivity index (χ1) is 15.4. The average molecular weight is 434 g/mol. The Morgan fingerprint density at radius 3 is 2.69 bits per heavy atom. The summed E-state index contributed by atoms with van der Waals surface area (Å²) in [6.07, 6.45) is 7.54. The summed E-state index contributed by atoms with van der Waals surface area (Å²) in [6.45, 7) is 1.81. The number of esters is 1. The van der Waals surface area contributed by atoms with E-state index >= 15 is 0 Å². The molecule has 0 unspecified atom stereocenters. The molecule has 0 spiro atoms. The number of nitrogens with one attached hydrogen (secondary N) is 1. The Labute approximate surface area is 184 Å². The highest BCUT2D eigenvalue weighted by Gasteiger charge is 2.52. The quantitative estimate of drug-likeness (QED) is 0.584. The molecule has 2 heterocycles. The number of anilines is 1. The molecule has 0 aliphatic heterocycles. The number of benzene rings is 1. The first-order valence-corrected chi connectivity index (χ1v) is 10.8. The lowest BCUT2D eigenvalue weighted by molar-refractivity contribution is -0.118. The van der Waals surface area contributed by atoms with Crippen molar-refractivity contribution in [1.82, 2.24) is 14.8 Å². The molecule has 2 aliphatic carbocycles. The lowest BCUT2D eigenvalue weighted by Crippen LogP contribution is -2.28. The van der Waals surface area contributed by atoms with Crippen LogP contribution in [0.3, 0.4) is 0 Å². The molecule has 0 atom stereocenters. The van der Waals surface area contributed by atoms with Gasteiger partial charge >= 0.3 is 5.97 Å². The summed E-state index contributed by atoms with van der Waals surface area (Å²) >= 11 is 0. The third-order valence-electron chi connectivity index (χ3n) is 6.28. The van der Waals surface area contributed by atoms with Crippen molar-refractivity contribution in [2.24, 2.45) is 0 Å². The lowest BCUT2D eigenvalue weighted by atomic mass is 9.93. The molecule has 0 radical (unpaired) electrons. The molecule has 3 aromatic rings. The SMILES string of the molecule is Cc1nn(C2CCC2)cc1OC(=O)c1cccc(NC(=O)C2(c3ccc(F)cn3)CC2)c1. The number of aromatic nitrogens is 3. The van der Waals surface area contributed by atoms with Crippen molar-refractivity contribution < 1.29 is 18.7 Å². The molecule has 2 fully saturated rings. The van der Waals surface area contributed by atoms with E-state index in [2.05, 4.69) is 15.4 Å². The van der Waals surface area contributed by atoms with Crippen LogP contribution < -0.4 is 10.1 Å². The van der Waals surface area contributed by atoms with Crippen LogP contribution in [0.15, 0.2) is 48.8 Å². The van der Waals surface area contributed by atoms with Crippen molar-refractivity contribution >= 4 is 17.6 Å². The van der Waals surface area contributed by atoms with Gasteiger partial charge in [0.2, 0.25) is 5.91 Å². The van der Waals surface area contributed by atoms with Gasteiger partial charge in [0, 0.05) is 5.69 Å². The second-order valence-corrected chi connectivity index (χ2v) is 8.51. The number of amides is 1. The zero-order valence-corrected chi connectivity index (χ0v) is 17.7. The fourth-order valence-electron chi connectivity index (χ4n) is 3.92. The third kappa shape index (κ3) is 3.77. The van der Waals surface area contributed by atoms with Crippen LogP contribution in [0.4, 0.5) is 10.1 Å². The monoisotopic (exact) mass is 434 g/mol. The summed E-state index contributed by atoms with van der Waals surface area (Å²) in [6, 6.07) is 9.85. The topological polar surface area (TPSA) is 86.1 Å². The minimum absolute atomic E-state index is 0.222. The van der Waals surface area contributed by atoms with Crippen LogP contribution in [0, 0.1) is 12.7 Å². The normalized spacial score (nSPS) is 16.8. The molecule has 7 nitrogen and oxygen atoms in total. The van der Waals surface area contributed by atoms with Crippen molar-refractivity contribution in [3.8, 4) is 5.75 Å². The van der Waals surface area contributed by atoms with Gasteiger partial charge in [-0.05, 0) is 69.4 Å². The summed E-state index contributed by atoms with van der Waals surface area (Å²) in [5, 5.41) is 7.32. The summed E-state index contributed by atoms with van der Waals surface area (Å²) in [7, 11) is 0. The third-order valence-corrected chi connectivity index (χ3v) is 6.28. The van der Waals surface area contributed by atoms with E-state index in [0.29, 0.717) is 47.3 Å². The number of aryl methyl sites for hydroxylation is 1. The van der Waals surface area contributed by atoms with Gasteiger partial charge in [0.15, 0.2) is 5.75 Å². The van der Waals surface area contributed by atoms with E-state index in [9.17, 15) is 14.0 Å². The molecular formula is C24H23FN4O3. The van der Waals surface area contributed by atoms with E-state index in [-0.39, 0.29) is 5.91 Å². The van der Waals surface area contributed by atoms with E-state index in [1.54, 1.807) is 36.5 Å². The first-order valence-electron chi connectivity index (χ1n) is 10.8. The molecule has 164 valence electrons. The van der Waals surface area contributed by atoms with Gasteiger partial charge < -0.3 is 10.1 Å². The maximum absolute atomic E-state index is 13.2. The molecule has 2 aliphatic rings.